The minimum Gasteiger partial charge on any atom is -0.467 e. The number of nitrogens with one attached hydrogen (secondary N) is 1. The van der Waals surface area contributed by atoms with Gasteiger partial charge in [-0.15, -0.1) is 0 Å². The fourth-order valence-corrected chi connectivity index (χ4v) is 3.77. The summed E-state index contributed by atoms with van der Waals surface area (Å²) in [5, 5.41) is 16.9. The number of rotatable bonds is 6. The van der Waals surface area contributed by atoms with Crippen molar-refractivity contribution in [3.63, 3.8) is 0 Å². The summed E-state index contributed by atoms with van der Waals surface area (Å²) in [6.07, 6.45) is 5.74. The van der Waals surface area contributed by atoms with Gasteiger partial charge >= 0.3 is 6.01 Å². The van der Waals surface area contributed by atoms with E-state index in [2.05, 4.69) is 30.4 Å². The fourth-order valence-electron chi connectivity index (χ4n) is 3.77. The molecule has 0 aliphatic rings. The maximum atomic E-state index is 13.9. The van der Waals surface area contributed by atoms with Crippen LogP contribution in [0.2, 0.25) is 0 Å². The molecule has 1 unspecified atom stereocenters. The number of benzene rings is 1. The summed E-state index contributed by atoms with van der Waals surface area (Å²) in [5.74, 6) is 0.795. The summed E-state index contributed by atoms with van der Waals surface area (Å²) in [6, 6.07) is 8.45. The Morgan fingerprint density at radius 1 is 1.19 bits per heavy atom. The highest BCUT2D eigenvalue weighted by atomic mass is 16.5. The molecule has 5 rings (SSSR count). The Bertz CT molecular complexity index is 1660. The SMILES string of the molecule is COc1ncc(-c2cccc3nc(C(C)Nc4ncnc(N)c4C#N)n(-c4ccon4)c(=O)c23)cn1. The van der Waals surface area contributed by atoms with Crippen molar-refractivity contribution in [1.29, 1.82) is 5.26 Å². The summed E-state index contributed by atoms with van der Waals surface area (Å²) in [6.45, 7) is 1.77. The van der Waals surface area contributed by atoms with E-state index in [0.717, 1.165) is 0 Å². The van der Waals surface area contributed by atoms with Gasteiger partial charge in [0.2, 0.25) is 0 Å². The van der Waals surface area contributed by atoms with Crippen LogP contribution in [0.1, 0.15) is 24.4 Å². The molecule has 4 aromatic heterocycles. The summed E-state index contributed by atoms with van der Waals surface area (Å²) in [7, 11) is 1.47. The van der Waals surface area contributed by atoms with Crippen LogP contribution in [0.4, 0.5) is 11.6 Å². The van der Waals surface area contributed by atoms with Crippen LogP contribution < -0.4 is 21.3 Å². The largest absolute Gasteiger partial charge is 0.467 e. The lowest BCUT2D eigenvalue weighted by Crippen LogP contribution is -2.28. The van der Waals surface area contributed by atoms with Crippen molar-refractivity contribution in [3.8, 4) is 29.0 Å². The van der Waals surface area contributed by atoms with E-state index in [1.807, 2.05) is 6.07 Å². The van der Waals surface area contributed by atoms with E-state index >= 15 is 0 Å². The number of nitrogens with two attached hydrogens (primary N) is 1. The number of hydrogen-bond donors (Lipinski definition) is 2. The molecule has 0 saturated carbocycles. The third-order valence-corrected chi connectivity index (χ3v) is 5.43. The molecule has 0 fully saturated rings. The van der Waals surface area contributed by atoms with Crippen LogP contribution in [0.15, 0.2) is 58.6 Å². The van der Waals surface area contributed by atoms with Gasteiger partial charge in [-0.05, 0) is 18.6 Å². The molecule has 0 aliphatic carbocycles. The number of methoxy groups -OCH3 is 1. The molecule has 1 aromatic carbocycles. The van der Waals surface area contributed by atoms with Crippen molar-refractivity contribution in [2.75, 3.05) is 18.2 Å². The van der Waals surface area contributed by atoms with Gasteiger partial charge in [0.05, 0.1) is 24.1 Å². The monoisotopic (exact) mass is 482 g/mol. The van der Waals surface area contributed by atoms with Crippen molar-refractivity contribution >= 4 is 22.5 Å². The van der Waals surface area contributed by atoms with E-state index in [1.165, 1.54) is 24.3 Å². The van der Waals surface area contributed by atoms with E-state index in [9.17, 15) is 10.1 Å². The van der Waals surface area contributed by atoms with Gasteiger partial charge < -0.3 is 20.3 Å². The van der Waals surface area contributed by atoms with Crippen LogP contribution in [0.3, 0.4) is 0 Å². The number of anilines is 2. The average molecular weight is 482 g/mol. The molecule has 4 heterocycles. The quantitative estimate of drug-likeness (QED) is 0.360. The number of fused-ring (bicyclic) bond motifs is 1. The molecule has 36 heavy (non-hydrogen) atoms. The van der Waals surface area contributed by atoms with Crippen LogP contribution >= 0.6 is 0 Å². The molecule has 0 bridgehead atoms. The highest BCUT2D eigenvalue weighted by Gasteiger charge is 2.23. The Balaban J connectivity index is 1.71. The normalized spacial score (nSPS) is 11.7. The van der Waals surface area contributed by atoms with Crippen LogP contribution in [0, 0.1) is 11.3 Å². The number of aromatic nitrogens is 7. The second-order valence-corrected chi connectivity index (χ2v) is 7.59. The topological polar surface area (TPSA) is 184 Å². The standard InChI is InChI=1S/C23H18N10O3/c1-12(30-20-15(8-24)19(25)28-11-29-20)21-31-16-5-3-4-14(13-9-26-23(35-2)27-10-13)18(16)22(34)33(21)17-6-7-36-32-17/h3-7,9-12H,1-2H3,(H3,25,28,29,30). The third kappa shape index (κ3) is 3.82. The van der Waals surface area contributed by atoms with Gasteiger partial charge in [0.25, 0.3) is 5.56 Å². The zero-order valence-electron chi connectivity index (χ0n) is 19.1. The average Bonchev–Trinajstić information content (AvgIpc) is 3.43. The summed E-state index contributed by atoms with van der Waals surface area (Å²) in [5.41, 5.74) is 7.17. The van der Waals surface area contributed by atoms with Crippen molar-refractivity contribution < 1.29 is 9.26 Å². The lowest BCUT2D eigenvalue weighted by atomic mass is 10.0. The number of nitrogens with zero attached hydrogens (tertiary/aromatic N) is 8. The number of ether oxygens (including phenoxy) is 1. The van der Waals surface area contributed by atoms with Crippen LogP contribution in [-0.4, -0.2) is 41.8 Å². The first-order chi connectivity index (χ1) is 17.5. The van der Waals surface area contributed by atoms with Gasteiger partial charge in [0.1, 0.15) is 41.7 Å². The molecule has 0 saturated heterocycles. The number of nitrogen functional groups attached to an aromatic ring is 1. The summed E-state index contributed by atoms with van der Waals surface area (Å²) >= 11 is 0. The molecular weight excluding hydrogens is 464 g/mol. The van der Waals surface area contributed by atoms with Gasteiger partial charge in [-0.25, -0.2) is 29.5 Å². The van der Waals surface area contributed by atoms with Gasteiger partial charge in [-0.1, -0.05) is 17.3 Å². The van der Waals surface area contributed by atoms with E-state index in [1.54, 1.807) is 43.6 Å². The van der Waals surface area contributed by atoms with Crippen molar-refractivity contribution in [2.45, 2.75) is 13.0 Å². The zero-order chi connectivity index (χ0) is 25.2. The van der Waals surface area contributed by atoms with Gasteiger partial charge in [0, 0.05) is 24.0 Å². The molecule has 0 radical (unpaired) electrons. The summed E-state index contributed by atoms with van der Waals surface area (Å²) < 4.78 is 11.4. The Kier molecular flexibility index (Phi) is 5.67. The van der Waals surface area contributed by atoms with Gasteiger partial charge in [-0.2, -0.15) is 5.26 Å². The molecule has 13 nitrogen and oxygen atoms in total. The molecule has 5 aromatic rings. The Morgan fingerprint density at radius 3 is 2.69 bits per heavy atom. The highest BCUT2D eigenvalue weighted by Crippen LogP contribution is 2.28. The fraction of sp³-hybridized carbons (Fsp3) is 0.130. The van der Waals surface area contributed by atoms with Crippen molar-refractivity contribution in [1.82, 2.24) is 34.6 Å². The molecule has 178 valence electrons. The van der Waals surface area contributed by atoms with Gasteiger partial charge in [-0.3, -0.25) is 4.79 Å². The predicted molar refractivity (Wildman–Crippen MR) is 128 cm³/mol. The Hall–Kier alpha value is -5.38. The first-order valence-corrected chi connectivity index (χ1v) is 10.6. The smallest absolute Gasteiger partial charge is 0.316 e. The van der Waals surface area contributed by atoms with Crippen LogP contribution in [0.25, 0.3) is 27.8 Å². The molecule has 0 amide bonds. The molecule has 1 atom stereocenters. The lowest BCUT2D eigenvalue weighted by Gasteiger charge is -2.20. The van der Waals surface area contributed by atoms with E-state index in [-0.39, 0.29) is 34.6 Å². The van der Waals surface area contributed by atoms with E-state index in [0.29, 0.717) is 27.9 Å². The first kappa shape index (κ1) is 22.4. The minimum absolute atomic E-state index is 0.0360. The second kappa shape index (κ2) is 9.11. The Labute approximate surface area is 203 Å². The summed E-state index contributed by atoms with van der Waals surface area (Å²) in [4.78, 5) is 35.0. The maximum Gasteiger partial charge on any atom is 0.316 e. The van der Waals surface area contributed by atoms with E-state index < -0.39 is 6.04 Å². The minimum atomic E-state index is -0.604. The lowest BCUT2D eigenvalue weighted by molar-refractivity contribution is 0.380. The van der Waals surface area contributed by atoms with Crippen molar-refractivity contribution in [3.05, 3.63) is 71.0 Å². The molecular formula is C23H18N10O3. The highest BCUT2D eigenvalue weighted by molar-refractivity contribution is 5.94. The van der Waals surface area contributed by atoms with Gasteiger partial charge in [0.15, 0.2) is 5.82 Å². The number of nitriles is 1. The van der Waals surface area contributed by atoms with Crippen molar-refractivity contribution in [2.24, 2.45) is 0 Å². The molecule has 0 aliphatic heterocycles. The predicted octanol–water partition coefficient (Wildman–Crippen LogP) is 2.26. The number of hydrogen-bond acceptors (Lipinski definition) is 12. The third-order valence-electron chi connectivity index (χ3n) is 5.43. The van der Waals surface area contributed by atoms with E-state index in [4.69, 9.17) is 20.0 Å². The zero-order valence-corrected chi connectivity index (χ0v) is 19.1. The first-order valence-electron chi connectivity index (χ1n) is 10.6. The van der Waals surface area contributed by atoms with Crippen LogP contribution in [0.5, 0.6) is 6.01 Å². The molecule has 0 spiro atoms. The Morgan fingerprint density at radius 2 is 2.00 bits per heavy atom. The molecule has 13 heteroatoms. The molecule has 3 N–H and O–H groups in total. The second-order valence-electron chi connectivity index (χ2n) is 7.59. The van der Waals surface area contributed by atoms with Crippen LogP contribution in [-0.2, 0) is 0 Å². The maximum absolute atomic E-state index is 13.9.